The topological polar surface area (TPSA) is 54.4 Å². The van der Waals surface area contributed by atoms with Crippen LogP contribution in [0.5, 0.6) is 0 Å². The van der Waals surface area contributed by atoms with Gasteiger partial charge in [0.05, 0.1) is 5.92 Å². The van der Waals surface area contributed by atoms with Gasteiger partial charge < -0.3 is 5.11 Å². The summed E-state index contributed by atoms with van der Waals surface area (Å²) in [7, 11) is 0. The fourth-order valence-corrected chi connectivity index (χ4v) is 4.56. The smallest absolute Gasteiger partial charge is 0.307 e. The molecule has 0 aromatic heterocycles. The highest BCUT2D eigenvalue weighted by Crippen LogP contribution is 2.49. The third-order valence-electron chi connectivity index (χ3n) is 5.52. The largest absolute Gasteiger partial charge is 0.481 e. The molecule has 132 valence electrons. The Morgan fingerprint density at radius 3 is 2.00 bits per heavy atom. The van der Waals surface area contributed by atoms with Gasteiger partial charge in [-0.3, -0.25) is 9.59 Å². The average Bonchev–Trinajstić information content (AvgIpc) is 2.93. The van der Waals surface area contributed by atoms with Gasteiger partial charge in [-0.15, -0.1) is 0 Å². The Balaban J connectivity index is 2.54. The molecule has 1 aliphatic rings. The van der Waals surface area contributed by atoms with Crippen LogP contribution in [0.25, 0.3) is 0 Å². The van der Waals surface area contributed by atoms with Crippen LogP contribution in [0.2, 0.25) is 0 Å². The number of carboxylic acids is 1. The first kappa shape index (κ1) is 18.7. The molecule has 0 saturated heterocycles. The molecule has 1 N–H and O–H groups in total. The minimum atomic E-state index is -0.818. The molecule has 0 heterocycles. The molecule has 3 heteroatoms. The van der Waals surface area contributed by atoms with Crippen LogP contribution < -0.4 is 0 Å². The molecule has 1 aromatic carbocycles. The molecule has 1 fully saturated rings. The van der Waals surface area contributed by atoms with Gasteiger partial charge in [-0.05, 0) is 57.1 Å². The second kappa shape index (κ2) is 7.08. The molecule has 0 bridgehead atoms. The van der Waals surface area contributed by atoms with Crippen molar-refractivity contribution in [2.75, 3.05) is 0 Å². The van der Waals surface area contributed by atoms with E-state index in [9.17, 15) is 14.7 Å². The number of aliphatic carboxylic acids is 1. The fourth-order valence-electron chi connectivity index (χ4n) is 4.56. The van der Waals surface area contributed by atoms with E-state index in [0.29, 0.717) is 19.3 Å². The van der Waals surface area contributed by atoms with Crippen LogP contribution in [-0.2, 0) is 4.79 Å². The lowest BCUT2D eigenvalue weighted by Crippen LogP contribution is -2.42. The molecule has 24 heavy (non-hydrogen) atoms. The van der Waals surface area contributed by atoms with Crippen LogP contribution in [0.3, 0.4) is 0 Å². The molecule has 1 saturated carbocycles. The second-order valence-corrected chi connectivity index (χ2v) is 7.99. The molecule has 1 unspecified atom stereocenters. The molecule has 0 aliphatic heterocycles. The lowest BCUT2D eigenvalue weighted by Gasteiger charge is -2.35. The fraction of sp³-hybridized carbons (Fsp3) is 0.619. The number of benzene rings is 1. The number of ketones is 1. The van der Waals surface area contributed by atoms with Crippen LogP contribution >= 0.6 is 0 Å². The molecule has 0 radical (unpaired) electrons. The summed E-state index contributed by atoms with van der Waals surface area (Å²) in [5.74, 6) is -1.09. The van der Waals surface area contributed by atoms with E-state index in [4.69, 9.17) is 0 Å². The van der Waals surface area contributed by atoms with Gasteiger partial charge in [-0.25, -0.2) is 0 Å². The van der Waals surface area contributed by atoms with Crippen molar-refractivity contribution in [3.05, 3.63) is 34.4 Å². The summed E-state index contributed by atoms with van der Waals surface area (Å²) in [6.45, 7) is 10.0. The number of Topliss-reactive ketones (excluding diaryl/α,β-unsaturated/α-hetero) is 1. The molecular weight excluding hydrogens is 300 g/mol. The van der Waals surface area contributed by atoms with Gasteiger partial charge in [-0.2, -0.15) is 0 Å². The minimum Gasteiger partial charge on any atom is -0.481 e. The molecule has 3 nitrogen and oxygen atoms in total. The van der Waals surface area contributed by atoms with Crippen molar-refractivity contribution in [3.8, 4) is 0 Å². The summed E-state index contributed by atoms with van der Waals surface area (Å²) >= 11 is 0. The summed E-state index contributed by atoms with van der Waals surface area (Å²) in [6.07, 6.45) is 3.84. The first-order valence-electron chi connectivity index (χ1n) is 9.04. The molecule has 2 rings (SSSR count). The van der Waals surface area contributed by atoms with Crippen molar-refractivity contribution >= 4 is 11.8 Å². The Kier molecular flexibility index (Phi) is 5.52. The lowest BCUT2D eigenvalue weighted by atomic mass is 9.65. The standard InChI is InChI=1S/C21H30O3/c1-13(2)10-17(20(23)24)21(8-6-7-9-21)19(22)18-15(4)11-14(3)12-16(18)5/h11-13,17H,6-10H2,1-5H3,(H,23,24). The predicted octanol–water partition coefficient (Wildman–Crippen LogP) is 5.10. The predicted molar refractivity (Wildman–Crippen MR) is 96.5 cm³/mol. The number of carboxylic acid groups (broad SMARTS) is 1. The van der Waals surface area contributed by atoms with E-state index in [1.165, 1.54) is 0 Å². The first-order valence-corrected chi connectivity index (χ1v) is 9.04. The quantitative estimate of drug-likeness (QED) is 0.738. The zero-order valence-electron chi connectivity index (χ0n) is 15.6. The van der Waals surface area contributed by atoms with Gasteiger partial charge in [0.25, 0.3) is 0 Å². The van der Waals surface area contributed by atoms with Crippen LogP contribution in [-0.4, -0.2) is 16.9 Å². The van der Waals surface area contributed by atoms with Crippen molar-refractivity contribution in [1.82, 2.24) is 0 Å². The van der Waals surface area contributed by atoms with Gasteiger partial charge >= 0.3 is 5.97 Å². The van der Waals surface area contributed by atoms with Gasteiger partial charge in [-0.1, -0.05) is 44.4 Å². The minimum absolute atomic E-state index is 0.0584. The normalized spacial score (nSPS) is 17.9. The van der Waals surface area contributed by atoms with E-state index >= 15 is 0 Å². The van der Waals surface area contributed by atoms with E-state index in [1.54, 1.807) is 0 Å². The third kappa shape index (κ3) is 3.40. The van der Waals surface area contributed by atoms with Crippen molar-refractivity contribution in [2.45, 2.75) is 66.7 Å². The second-order valence-electron chi connectivity index (χ2n) is 7.99. The van der Waals surface area contributed by atoms with Crippen molar-refractivity contribution in [1.29, 1.82) is 0 Å². The summed E-state index contributed by atoms with van der Waals surface area (Å²) in [4.78, 5) is 25.6. The van der Waals surface area contributed by atoms with Gasteiger partial charge in [0.2, 0.25) is 0 Å². The van der Waals surface area contributed by atoms with Crippen LogP contribution in [0.4, 0.5) is 0 Å². The maximum atomic E-state index is 13.6. The van der Waals surface area contributed by atoms with Gasteiger partial charge in [0.1, 0.15) is 0 Å². The summed E-state index contributed by atoms with van der Waals surface area (Å²) in [6, 6.07) is 4.06. The van der Waals surface area contributed by atoms with E-state index in [2.05, 4.69) is 0 Å². The zero-order chi connectivity index (χ0) is 18.1. The maximum Gasteiger partial charge on any atom is 0.307 e. The van der Waals surface area contributed by atoms with Crippen molar-refractivity contribution in [3.63, 3.8) is 0 Å². The number of hydrogen-bond acceptors (Lipinski definition) is 2. The number of carbonyl (C=O) groups excluding carboxylic acids is 1. The number of hydrogen-bond donors (Lipinski definition) is 1. The average molecular weight is 330 g/mol. The monoisotopic (exact) mass is 330 g/mol. The summed E-state index contributed by atoms with van der Waals surface area (Å²) in [5, 5.41) is 9.87. The van der Waals surface area contributed by atoms with Gasteiger partial charge in [0.15, 0.2) is 5.78 Å². The molecule has 1 atom stereocenters. The Bertz CT molecular complexity index is 613. The summed E-state index contributed by atoms with van der Waals surface area (Å²) < 4.78 is 0. The van der Waals surface area contributed by atoms with Crippen molar-refractivity contribution < 1.29 is 14.7 Å². The lowest BCUT2D eigenvalue weighted by molar-refractivity contribution is -0.146. The van der Waals surface area contributed by atoms with Crippen molar-refractivity contribution in [2.24, 2.45) is 17.3 Å². The SMILES string of the molecule is Cc1cc(C)c(C(=O)C2(C(CC(C)C)C(=O)O)CCCC2)c(C)c1. The highest BCUT2D eigenvalue weighted by molar-refractivity contribution is 6.05. The molecule has 1 aliphatic carbocycles. The zero-order valence-corrected chi connectivity index (χ0v) is 15.6. The van der Waals surface area contributed by atoms with E-state index in [-0.39, 0.29) is 11.7 Å². The highest BCUT2D eigenvalue weighted by Gasteiger charge is 2.51. The van der Waals surface area contributed by atoms with E-state index < -0.39 is 17.3 Å². The Morgan fingerprint density at radius 2 is 1.58 bits per heavy atom. The number of rotatable bonds is 6. The first-order chi connectivity index (χ1) is 11.2. The van der Waals surface area contributed by atoms with Crippen LogP contribution in [0.15, 0.2) is 12.1 Å². The van der Waals surface area contributed by atoms with Crippen LogP contribution in [0, 0.1) is 38.0 Å². The van der Waals surface area contributed by atoms with Gasteiger partial charge in [0, 0.05) is 11.0 Å². The molecular formula is C21H30O3. The molecule has 0 spiro atoms. The number of aryl methyl sites for hydroxylation is 3. The number of carbonyl (C=O) groups is 2. The Labute approximate surface area is 145 Å². The maximum absolute atomic E-state index is 13.6. The van der Waals surface area contributed by atoms with E-state index in [1.807, 2.05) is 46.8 Å². The van der Waals surface area contributed by atoms with Crippen LogP contribution in [0.1, 0.15) is 73.0 Å². The van der Waals surface area contributed by atoms with E-state index in [0.717, 1.165) is 35.1 Å². The molecule has 1 aromatic rings. The Hall–Kier alpha value is -1.64. The molecule has 0 amide bonds. The highest BCUT2D eigenvalue weighted by atomic mass is 16.4. The summed E-state index contributed by atoms with van der Waals surface area (Å²) in [5.41, 5.74) is 3.09. The third-order valence-corrected chi connectivity index (χ3v) is 5.52. The Morgan fingerprint density at radius 1 is 1.08 bits per heavy atom.